The summed E-state index contributed by atoms with van der Waals surface area (Å²) in [5, 5.41) is 0. The number of carbonyl (C=O) groups excluding carboxylic acids is 2. The highest BCUT2D eigenvalue weighted by Crippen LogP contribution is 2.33. The maximum absolute atomic E-state index is 14.8. The molecule has 1 saturated heterocycles. The van der Waals surface area contributed by atoms with Crippen molar-refractivity contribution in [2.45, 2.75) is 38.8 Å². The molecule has 172 valence electrons. The molecule has 0 spiro atoms. The SMILES string of the molecule is CCOC(=O)C1CCN(C(=O)CN2CCCn3cccc3C2c2ccc(F)cc2F)CC1. The number of esters is 1. The molecular formula is C24H29F2N3O3. The minimum absolute atomic E-state index is 0.0418. The Labute approximate surface area is 186 Å². The minimum atomic E-state index is -0.623. The maximum Gasteiger partial charge on any atom is 0.309 e. The Hall–Kier alpha value is -2.74. The lowest BCUT2D eigenvalue weighted by atomic mass is 9.97. The number of aryl methyl sites for hydroxylation is 1. The van der Waals surface area contributed by atoms with Crippen LogP contribution in [0, 0.1) is 17.6 Å². The van der Waals surface area contributed by atoms with E-state index in [1.165, 1.54) is 12.1 Å². The van der Waals surface area contributed by atoms with Gasteiger partial charge in [0.1, 0.15) is 11.6 Å². The Kier molecular flexibility index (Phi) is 6.89. The van der Waals surface area contributed by atoms with Crippen LogP contribution in [0.5, 0.6) is 0 Å². The minimum Gasteiger partial charge on any atom is -0.466 e. The summed E-state index contributed by atoms with van der Waals surface area (Å²) in [6.07, 6.45) is 3.95. The van der Waals surface area contributed by atoms with Crippen LogP contribution in [0.2, 0.25) is 0 Å². The molecule has 1 aromatic heterocycles. The molecule has 0 N–H and O–H groups in total. The number of hydrogen-bond acceptors (Lipinski definition) is 4. The fourth-order valence-electron chi connectivity index (χ4n) is 4.79. The van der Waals surface area contributed by atoms with Gasteiger partial charge in [-0.1, -0.05) is 6.07 Å². The molecule has 2 aliphatic heterocycles. The van der Waals surface area contributed by atoms with Crippen LogP contribution in [0.4, 0.5) is 8.78 Å². The number of fused-ring (bicyclic) bond motifs is 1. The van der Waals surface area contributed by atoms with Crippen molar-refractivity contribution in [3.8, 4) is 0 Å². The number of benzene rings is 1. The van der Waals surface area contributed by atoms with E-state index < -0.39 is 17.7 Å². The van der Waals surface area contributed by atoms with E-state index in [0.717, 1.165) is 24.7 Å². The van der Waals surface area contributed by atoms with Gasteiger partial charge in [0.2, 0.25) is 5.91 Å². The number of carbonyl (C=O) groups is 2. The molecule has 1 fully saturated rings. The second-order valence-electron chi connectivity index (χ2n) is 8.43. The van der Waals surface area contributed by atoms with Gasteiger partial charge in [0.05, 0.1) is 25.1 Å². The number of halogens is 2. The van der Waals surface area contributed by atoms with Crippen molar-refractivity contribution in [2.75, 3.05) is 32.8 Å². The average Bonchev–Trinajstić information content (AvgIpc) is 3.17. The van der Waals surface area contributed by atoms with Crippen LogP contribution < -0.4 is 0 Å². The second kappa shape index (κ2) is 9.81. The molecule has 2 aromatic rings. The number of amides is 1. The molecule has 1 aromatic carbocycles. The molecule has 2 aliphatic rings. The van der Waals surface area contributed by atoms with Crippen molar-refractivity contribution < 1.29 is 23.1 Å². The molecule has 1 unspecified atom stereocenters. The van der Waals surface area contributed by atoms with Gasteiger partial charge >= 0.3 is 5.97 Å². The number of piperidine rings is 1. The number of hydrogen-bond donors (Lipinski definition) is 0. The van der Waals surface area contributed by atoms with Crippen LogP contribution in [0.1, 0.15) is 43.5 Å². The van der Waals surface area contributed by atoms with Crippen LogP contribution in [0.15, 0.2) is 36.5 Å². The van der Waals surface area contributed by atoms with E-state index in [2.05, 4.69) is 4.57 Å². The Morgan fingerprint density at radius 3 is 2.59 bits per heavy atom. The van der Waals surface area contributed by atoms with Crippen LogP contribution in [-0.4, -0.2) is 59.0 Å². The average molecular weight is 446 g/mol. The summed E-state index contributed by atoms with van der Waals surface area (Å²) in [5.74, 6) is -1.64. The molecular weight excluding hydrogens is 416 g/mol. The van der Waals surface area contributed by atoms with Gasteiger partial charge in [-0.05, 0) is 44.4 Å². The largest absolute Gasteiger partial charge is 0.466 e. The third-order valence-electron chi connectivity index (χ3n) is 6.42. The fraction of sp³-hybridized carbons (Fsp3) is 0.500. The molecule has 0 saturated carbocycles. The van der Waals surface area contributed by atoms with Crippen molar-refractivity contribution in [1.29, 1.82) is 0 Å². The standard InChI is InChI=1S/C24H29F2N3O3/c1-2-32-24(31)17-8-13-28(14-9-17)22(30)16-29-12-4-11-27-10-3-5-21(27)23(29)19-7-6-18(25)15-20(19)26/h3,5-7,10,15,17,23H,2,4,8-9,11-14,16H2,1H3. The molecule has 1 atom stereocenters. The number of aromatic nitrogens is 1. The Morgan fingerprint density at radius 2 is 1.88 bits per heavy atom. The molecule has 3 heterocycles. The molecule has 0 radical (unpaired) electrons. The highest BCUT2D eigenvalue weighted by atomic mass is 19.1. The van der Waals surface area contributed by atoms with Crippen molar-refractivity contribution in [3.05, 3.63) is 59.4 Å². The summed E-state index contributed by atoms with van der Waals surface area (Å²) in [4.78, 5) is 28.9. The summed E-state index contributed by atoms with van der Waals surface area (Å²) < 4.78 is 35.5. The Morgan fingerprint density at radius 1 is 1.09 bits per heavy atom. The third kappa shape index (κ3) is 4.70. The maximum atomic E-state index is 14.8. The summed E-state index contributed by atoms with van der Waals surface area (Å²) in [6, 6.07) is 7.00. The highest BCUT2D eigenvalue weighted by Gasteiger charge is 2.33. The summed E-state index contributed by atoms with van der Waals surface area (Å²) in [7, 11) is 0. The van der Waals surface area contributed by atoms with Crippen LogP contribution in [0.25, 0.3) is 0 Å². The molecule has 1 amide bonds. The Balaban J connectivity index is 1.51. The molecule has 8 heteroatoms. The van der Waals surface area contributed by atoms with E-state index in [1.807, 2.05) is 23.2 Å². The first-order valence-electron chi connectivity index (χ1n) is 11.3. The van der Waals surface area contributed by atoms with E-state index in [4.69, 9.17) is 4.74 Å². The lowest BCUT2D eigenvalue weighted by molar-refractivity contribution is -0.151. The summed E-state index contributed by atoms with van der Waals surface area (Å²) >= 11 is 0. The topological polar surface area (TPSA) is 54.8 Å². The zero-order chi connectivity index (χ0) is 22.7. The predicted octanol–water partition coefficient (Wildman–Crippen LogP) is 3.36. The van der Waals surface area contributed by atoms with E-state index in [0.29, 0.717) is 44.6 Å². The third-order valence-corrected chi connectivity index (χ3v) is 6.42. The molecule has 32 heavy (non-hydrogen) atoms. The number of rotatable bonds is 5. The van der Waals surface area contributed by atoms with Gasteiger partial charge in [0.15, 0.2) is 0 Å². The first-order chi connectivity index (χ1) is 15.5. The second-order valence-corrected chi connectivity index (χ2v) is 8.43. The molecule has 6 nitrogen and oxygen atoms in total. The monoisotopic (exact) mass is 445 g/mol. The zero-order valence-corrected chi connectivity index (χ0v) is 18.3. The number of nitrogens with zero attached hydrogens (tertiary/aromatic N) is 3. The molecule has 0 bridgehead atoms. The molecule has 4 rings (SSSR count). The first-order valence-corrected chi connectivity index (χ1v) is 11.3. The highest BCUT2D eigenvalue weighted by molar-refractivity contribution is 5.79. The Bertz CT molecular complexity index is 969. The lowest BCUT2D eigenvalue weighted by Gasteiger charge is -2.35. The van der Waals surface area contributed by atoms with Crippen molar-refractivity contribution in [1.82, 2.24) is 14.4 Å². The van der Waals surface area contributed by atoms with Gasteiger partial charge in [-0.2, -0.15) is 0 Å². The van der Waals surface area contributed by atoms with Crippen molar-refractivity contribution >= 4 is 11.9 Å². The van der Waals surface area contributed by atoms with E-state index >= 15 is 0 Å². The molecule has 0 aliphatic carbocycles. The zero-order valence-electron chi connectivity index (χ0n) is 18.3. The van der Waals surface area contributed by atoms with E-state index in [1.54, 1.807) is 11.8 Å². The smallest absolute Gasteiger partial charge is 0.309 e. The fourth-order valence-corrected chi connectivity index (χ4v) is 4.79. The predicted molar refractivity (Wildman–Crippen MR) is 115 cm³/mol. The van der Waals surface area contributed by atoms with Crippen LogP contribution in [-0.2, 0) is 20.9 Å². The quantitative estimate of drug-likeness (QED) is 0.663. The summed E-state index contributed by atoms with van der Waals surface area (Å²) in [6.45, 7) is 4.68. The van der Waals surface area contributed by atoms with Gasteiger partial charge < -0.3 is 14.2 Å². The van der Waals surface area contributed by atoms with Gasteiger partial charge in [-0.3, -0.25) is 14.5 Å². The number of likely N-dealkylation sites (tertiary alicyclic amines) is 1. The van der Waals surface area contributed by atoms with Gasteiger partial charge in [-0.25, -0.2) is 8.78 Å². The lowest BCUT2D eigenvalue weighted by Crippen LogP contribution is -2.46. The van der Waals surface area contributed by atoms with E-state index in [-0.39, 0.29) is 24.3 Å². The van der Waals surface area contributed by atoms with Crippen molar-refractivity contribution in [2.24, 2.45) is 5.92 Å². The van der Waals surface area contributed by atoms with Gasteiger partial charge in [-0.15, -0.1) is 0 Å². The van der Waals surface area contributed by atoms with Crippen molar-refractivity contribution in [3.63, 3.8) is 0 Å². The van der Waals surface area contributed by atoms with Gasteiger partial charge in [0, 0.05) is 49.7 Å². The summed E-state index contributed by atoms with van der Waals surface area (Å²) in [5.41, 5.74) is 1.25. The van der Waals surface area contributed by atoms with Crippen LogP contribution in [0.3, 0.4) is 0 Å². The normalized spacial score (nSPS) is 20.0. The van der Waals surface area contributed by atoms with Gasteiger partial charge in [0.25, 0.3) is 0 Å². The number of ether oxygens (including phenoxy) is 1. The first kappa shape index (κ1) is 22.5. The van der Waals surface area contributed by atoms with Crippen LogP contribution >= 0.6 is 0 Å². The van der Waals surface area contributed by atoms with E-state index in [9.17, 15) is 18.4 Å².